The molecule has 0 saturated carbocycles. The highest BCUT2D eigenvalue weighted by Crippen LogP contribution is 2.27. The van der Waals surface area contributed by atoms with Gasteiger partial charge in [-0.1, -0.05) is 6.07 Å². The number of amides is 1. The minimum atomic E-state index is 0.250. The first kappa shape index (κ1) is 11.9. The van der Waals surface area contributed by atoms with Crippen molar-refractivity contribution in [1.29, 1.82) is 0 Å². The van der Waals surface area contributed by atoms with Crippen molar-refractivity contribution in [2.75, 3.05) is 6.54 Å². The predicted molar refractivity (Wildman–Crippen MR) is 75.3 cm³/mol. The fourth-order valence-electron chi connectivity index (χ4n) is 3.44. The molecule has 2 aliphatic heterocycles. The highest BCUT2D eigenvalue weighted by Gasteiger charge is 2.42. The summed E-state index contributed by atoms with van der Waals surface area (Å²) in [5.41, 5.74) is 3.12. The first-order valence-corrected chi connectivity index (χ1v) is 7.18. The number of hydrogen-bond donors (Lipinski definition) is 1. The van der Waals surface area contributed by atoms with Crippen molar-refractivity contribution in [1.82, 2.24) is 19.6 Å². The van der Waals surface area contributed by atoms with Crippen LogP contribution in [-0.4, -0.2) is 38.8 Å². The topological polar surface area (TPSA) is 49.6 Å². The number of carbonyl (C=O) groups is 1. The van der Waals surface area contributed by atoms with E-state index in [0.717, 1.165) is 24.3 Å². The zero-order chi connectivity index (χ0) is 13.7. The molecule has 2 aromatic rings. The van der Waals surface area contributed by atoms with Crippen LogP contribution in [0.1, 0.15) is 24.1 Å². The molecule has 2 aliphatic rings. The molecule has 1 N–H and O–H groups in total. The predicted octanol–water partition coefficient (Wildman–Crippen LogP) is 1.11. The Labute approximate surface area is 117 Å². The van der Waals surface area contributed by atoms with Gasteiger partial charge in [-0.05, 0) is 31.5 Å². The second kappa shape index (κ2) is 4.31. The summed E-state index contributed by atoms with van der Waals surface area (Å²) in [6, 6.07) is 4.78. The maximum atomic E-state index is 12.1. The van der Waals surface area contributed by atoms with Gasteiger partial charge in [-0.25, -0.2) is 4.98 Å². The highest BCUT2D eigenvalue weighted by atomic mass is 16.2. The van der Waals surface area contributed by atoms with Gasteiger partial charge in [0.05, 0.1) is 12.2 Å². The van der Waals surface area contributed by atoms with Gasteiger partial charge in [0.1, 0.15) is 5.65 Å². The molecule has 4 heterocycles. The molecule has 2 saturated heterocycles. The average Bonchev–Trinajstić information content (AvgIpc) is 3.06. The Balaban J connectivity index is 1.62. The van der Waals surface area contributed by atoms with Gasteiger partial charge >= 0.3 is 0 Å². The lowest BCUT2D eigenvalue weighted by molar-refractivity contribution is -0.129. The number of carbonyl (C=O) groups excluding carboxylic acids is 1. The quantitative estimate of drug-likeness (QED) is 0.889. The Hall–Kier alpha value is -1.88. The molecule has 0 spiro atoms. The van der Waals surface area contributed by atoms with Crippen molar-refractivity contribution in [3.8, 4) is 0 Å². The van der Waals surface area contributed by atoms with Crippen LogP contribution < -0.4 is 5.32 Å². The number of likely N-dealkylation sites (tertiary alicyclic amines) is 1. The Morgan fingerprint density at radius 2 is 2.30 bits per heavy atom. The molecule has 5 heteroatoms. The van der Waals surface area contributed by atoms with Crippen molar-refractivity contribution in [3.05, 3.63) is 35.8 Å². The smallest absolute Gasteiger partial charge is 0.224 e. The van der Waals surface area contributed by atoms with E-state index in [1.165, 1.54) is 5.56 Å². The summed E-state index contributed by atoms with van der Waals surface area (Å²) < 4.78 is 2.04. The third-order valence-electron chi connectivity index (χ3n) is 4.41. The van der Waals surface area contributed by atoms with Crippen molar-refractivity contribution in [2.45, 2.75) is 38.4 Å². The molecule has 0 bridgehead atoms. The third-order valence-corrected chi connectivity index (χ3v) is 4.41. The number of nitrogens with one attached hydrogen (secondary N) is 1. The van der Waals surface area contributed by atoms with E-state index in [2.05, 4.69) is 29.5 Å². The Bertz CT molecular complexity index is 678. The summed E-state index contributed by atoms with van der Waals surface area (Å²) in [7, 11) is 0. The van der Waals surface area contributed by atoms with Crippen LogP contribution in [0.25, 0.3) is 5.65 Å². The fraction of sp³-hybridized carbons (Fsp3) is 0.467. The molecule has 0 unspecified atom stereocenters. The van der Waals surface area contributed by atoms with Crippen LogP contribution in [0.5, 0.6) is 0 Å². The molecular formula is C15H18N4O. The lowest BCUT2D eigenvalue weighted by Crippen LogP contribution is -2.35. The Morgan fingerprint density at radius 3 is 3.20 bits per heavy atom. The molecule has 5 nitrogen and oxygen atoms in total. The van der Waals surface area contributed by atoms with Crippen molar-refractivity contribution in [3.63, 3.8) is 0 Å². The van der Waals surface area contributed by atoms with E-state index in [-0.39, 0.29) is 5.91 Å². The van der Waals surface area contributed by atoms with Crippen LogP contribution in [0.2, 0.25) is 0 Å². The normalized spacial score (nSPS) is 25.6. The molecule has 1 amide bonds. The van der Waals surface area contributed by atoms with Crippen LogP contribution in [0.4, 0.5) is 0 Å². The summed E-state index contributed by atoms with van der Waals surface area (Å²) in [5.74, 6) is 0.250. The average molecular weight is 270 g/mol. The van der Waals surface area contributed by atoms with E-state index >= 15 is 0 Å². The monoisotopic (exact) mass is 270 g/mol. The molecule has 0 aromatic carbocycles. The second-order valence-corrected chi connectivity index (χ2v) is 5.85. The zero-order valence-electron chi connectivity index (χ0n) is 11.5. The van der Waals surface area contributed by atoms with Crippen LogP contribution >= 0.6 is 0 Å². The number of imidazole rings is 1. The second-order valence-electron chi connectivity index (χ2n) is 5.85. The van der Waals surface area contributed by atoms with E-state index < -0.39 is 0 Å². The number of aryl methyl sites for hydroxylation is 1. The van der Waals surface area contributed by atoms with Crippen molar-refractivity contribution < 1.29 is 4.79 Å². The summed E-state index contributed by atoms with van der Waals surface area (Å²) in [4.78, 5) is 18.7. The number of pyridine rings is 1. The summed E-state index contributed by atoms with van der Waals surface area (Å²) in [6.45, 7) is 3.71. The first-order valence-electron chi connectivity index (χ1n) is 7.18. The zero-order valence-corrected chi connectivity index (χ0v) is 11.5. The SMILES string of the molecule is Cc1ccc2nc(CN3C(=O)C[C@@H]4NCC[C@@H]43)cn2c1. The first-order chi connectivity index (χ1) is 9.70. The van der Waals surface area contributed by atoms with E-state index in [1.807, 2.05) is 21.6 Å². The van der Waals surface area contributed by atoms with Gasteiger partial charge in [-0.2, -0.15) is 0 Å². The van der Waals surface area contributed by atoms with Crippen LogP contribution in [-0.2, 0) is 11.3 Å². The van der Waals surface area contributed by atoms with Gasteiger partial charge in [0.15, 0.2) is 0 Å². The molecule has 104 valence electrons. The molecule has 2 fully saturated rings. The minimum absolute atomic E-state index is 0.250. The molecular weight excluding hydrogens is 252 g/mol. The van der Waals surface area contributed by atoms with Gasteiger partial charge in [-0.15, -0.1) is 0 Å². The van der Waals surface area contributed by atoms with E-state index in [4.69, 9.17) is 0 Å². The number of nitrogens with zero attached hydrogens (tertiary/aromatic N) is 3. The van der Waals surface area contributed by atoms with Gasteiger partial charge in [-0.3, -0.25) is 4.79 Å². The lowest BCUT2D eigenvalue weighted by atomic mass is 10.1. The number of aromatic nitrogens is 2. The van der Waals surface area contributed by atoms with Crippen LogP contribution in [0.3, 0.4) is 0 Å². The van der Waals surface area contributed by atoms with Gasteiger partial charge in [0.2, 0.25) is 5.91 Å². The maximum Gasteiger partial charge on any atom is 0.224 e. The number of fused-ring (bicyclic) bond motifs is 2. The molecule has 2 atom stereocenters. The molecule has 20 heavy (non-hydrogen) atoms. The highest BCUT2D eigenvalue weighted by molar-refractivity contribution is 5.80. The summed E-state index contributed by atoms with van der Waals surface area (Å²) in [6.07, 6.45) is 5.79. The van der Waals surface area contributed by atoms with Crippen molar-refractivity contribution in [2.24, 2.45) is 0 Å². The lowest BCUT2D eigenvalue weighted by Gasteiger charge is -2.22. The molecule has 0 aliphatic carbocycles. The van der Waals surface area contributed by atoms with E-state index in [0.29, 0.717) is 25.0 Å². The molecule has 4 rings (SSSR count). The van der Waals surface area contributed by atoms with Gasteiger partial charge in [0, 0.05) is 30.9 Å². The maximum absolute atomic E-state index is 12.1. The fourth-order valence-corrected chi connectivity index (χ4v) is 3.44. The Kier molecular flexibility index (Phi) is 2.57. The standard InChI is InChI=1S/C15H18N4O/c1-10-2-3-14-17-11(8-18(14)7-10)9-19-13-4-5-16-12(13)6-15(19)20/h2-3,7-8,12-13,16H,4-6,9H2,1H3/t12-,13-/m0/s1. The van der Waals surface area contributed by atoms with E-state index in [1.54, 1.807) is 0 Å². The minimum Gasteiger partial charge on any atom is -0.332 e. The van der Waals surface area contributed by atoms with Gasteiger partial charge < -0.3 is 14.6 Å². The Morgan fingerprint density at radius 1 is 1.40 bits per heavy atom. The third kappa shape index (κ3) is 1.81. The summed E-state index contributed by atoms with van der Waals surface area (Å²) in [5, 5.41) is 3.41. The number of hydrogen-bond acceptors (Lipinski definition) is 3. The van der Waals surface area contributed by atoms with Crippen LogP contribution in [0, 0.1) is 6.92 Å². The largest absolute Gasteiger partial charge is 0.332 e. The molecule has 0 radical (unpaired) electrons. The van der Waals surface area contributed by atoms with Crippen LogP contribution in [0.15, 0.2) is 24.5 Å². The van der Waals surface area contributed by atoms with E-state index in [9.17, 15) is 4.79 Å². The molecule has 2 aromatic heterocycles. The van der Waals surface area contributed by atoms with Crippen molar-refractivity contribution >= 4 is 11.6 Å². The van der Waals surface area contributed by atoms with Gasteiger partial charge in [0.25, 0.3) is 0 Å². The summed E-state index contributed by atoms with van der Waals surface area (Å²) >= 11 is 0. The number of rotatable bonds is 2.